The standard InChI is InChI=1S/C15H10F2N4OS/c16-11-5-10-13(6-12(11)17)19-7-20-14(10)23-9-3-1-2-8(4-9)21-15(18)22/h1-7H,(H3,18,21,22). The molecule has 2 amide bonds. The van der Waals surface area contributed by atoms with E-state index >= 15 is 0 Å². The van der Waals surface area contributed by atoms with E-state index in [2.05, 4.69) is 15.3 Å². The summed E-state index contributed by atoms with van der Waals surface area (Å²) in [5.41, 5.74) is 5.92. The Hall–Kier alpha value is -2.74. The molecule has 0 aliphatic rings. The summed E-state index contributed by atoms with van der Waals surface area (Å²) in [5, 5.41) is 3.35. The maximum absolute atomic E-state index is 13.5. The highest BCUT2D eigenvalue weighted by atomic mass is 32.2. The number of primary amides is 1. The summed E-state index contributed by atoms with van der Waals surface area (Å²) in [6.45, 7) is 0. The molecule has 23 heavy (non-hydrogen) atoms. The van der Waals surface area contributed by atoms with Crippen LogP contribution in [0.4, 0.5) is 19.3 Å². The van der Waals surface area contributed by atoms with Crippen LogP contribution in [-0.4, -0.2) is 16.0 Å². The van der Waals surface area contributed by atoms with E-state index in [0.717, 1.165) is 17.0 Å². The van der Waals surface area contributed by atoms with Crippen LogP contribution in [0.3, 0.4) is 0 Å². The summed E-state index contributed by atoms with van der Waals surface area (Å²) in [7, 11) is 0. The van der Waals surface area contributed by atoms with E-state index in [1.165, 1.54) is 18.1 Å². The normalized spacial score (nSPS) is 10.7. The molecular formula is C15H10F2N4OS. The van der Waals surface area contributed by atoms with E-state index in [1.54, 1.807) is 24.3 Å². The number of carbonyl (C=O) groups excluding carboxylic acids is 1. The third kappa shape index (κ3) is 3.37. The van der Waals surface area contributed by atoms with Crippen molar-refractivity contribution in [2.24, 2.45) is 5.73 Å². The quantitative estimate of drug-likeness (QED) is 0.719. The second kappa shape index (κ2) is 6.17. The lowest BCUT2D eigenvalue weighted by Crippen LogP contribution is -2.19. The lowest BCUT2D eigenvalue weighted by molar-refractivity contribution is 0.259. The minimum Gasteiger partial charge on any atom is -0.351 e. The third-order valence-corrected chi connectivity index (χ3v) is 3.97. The summed E-state index contributed by atoms with van der Waals surface area (Å²) < 4.78 is 26.8. The van der Waals surface area contributed by atoms with Crippen molar-refractivity contribution in [1.82, 2.24) is 9.97 Å². The van der Waals surface area contributed by atoms with Gasteiger partial charge in [-0.25, -0.2) is 23.5 Å². The summed E-state index contributed by atoms with van der Waals surface area (Å²) >= 11 is 1.24. The molecule has 3 rings (SSSR count). The molecule has 0 atom stereocenters. The fourth-order valence-corrected chi connectivity index (χ4v) is 2.93. The Morgan fingerprint density at radius 1 is 1.13 bits per heavy atom. The smallest absolute Gasteiger partial charge is 0.316 e. The number of aromatic nitrogens is 2. The Morgan fingerprint density at radius 3 is 2.70 bits per heavy atom. The van der Waals surface area contributed by atoms with Gasteiger partial charge in [-0.05, 0) is 24.3 Å². The number of rotatable bonds is 3. The zero-order valence-electron chi connectivity index (χ0n) is 11.6. The zero-order valence-corrected chi connectivity index (χ0v) is 12.4. The van der Waals surface area contributed by atoms with Crippen LogP contribution in [0.5, 0.6) is 0 Å². The number of anilines is 1. The van der Waals surface area contributed by atoms with Crippen molar-refractivity contribution in [2.75, 3.05) is 5.32 Å². The van der Waals surface area contributed by atoms with Gasteiger partial charge in [0.15, 0.2) is 11.6 Å². The summed E-state index contributed by atoms with van der Waals surface area (Å²) in [6, 6.07) is 8.34. The fraction of sp³-hybridized carbons (Fsp3) is 0. The van der Waals surface area contributed by atoms with Gasteiger partial charge in [0.05, 0.1) is 5.52 Å². The Kier molecular flexibility index (Phi) is 4.07. The van der Waals surface area contributed by atoms with Gasteiger partial charge in [0, 0.05) is 22.0 Å². The minimum absolute atomic E-state index is 0.313. The predicted molar refractivity (Wildman–Crippen MR) is 83.2 cm³/mol. The molecular weight excluding hydrogens is 322 g/mol. The first-order valence-corrected chi connectivity index (χ1v) is 7.29. The van der Waals surface area contributed by atoms with E-state index in [1.807, 2.05) is 0 Å². The molecule has 0 aliphatic heterocycles. The van der Waals surface area contributed by atoms with E-state index in [-0.39, 0.29) is 0 Å². The van der Waals surface area contributed by atoms with Crippen LogP contribution in [0, 0.1) is 11.6 Å². The van der Waals surface area contributed by atoms with Crippen molar-refractivity contribution in [3.05, 3.63) is 54.4 Å². The molecule has 3 aromatic rings. The Bertz CT molecular complexity index is 904. The molecule has 1 heterocycles. The number of carbonyl (C=O) groups is 1. The number of nitrogens with two attached hydrogens (primary N) is 1. The van der Waals surface area contributed by atoms with Gasteiger partial charge < -0.3 is 11.1 Å². The summed E-state index contributed by atoms with van der Waals surface area (Å²) in [5.74, 6) is -1.92. The molecule has 0 unspecified atom stereocenters. The minimum atomic E-state index is -0.960. The highest BCUT2D eigenvalue weighted by molar-refractivity contribution is 7.99. The molecule has 116 valence electrons. The molecule has 2 aromatic carbocycles. The van der Waals surface area contributed by atoms with Crippen LogP contribution in [0.2, 0.25) is 0 Å². The molecule has 8 heteroatoms. The van der Waals surface area contributed by atoms with Gasteiger partial charge in [-0.3, -0.25) is 0 Å². The van der Waals surface area contributed by atoms with E-state index < -0.39 is 17.7 Å². The first-order chi connectivity index (χ1) is 11.0. The van der Waals surface area contributed by atoms with E-state index in [9.17, 15) is 13.6 Å². The number of nitrogens with zero attached hydrogens (tertiary/aromatic N) is 2. The molecule has 0 fully saturated rings. The van der Waals surface area contributed by atoms with Gasteiger partial charge in [0.2, 0.25) is 0 Å². The SMILES string of the molecule is NC(=O)Nc1cccc(Sc2ncnc3cc(F)c(F)cc23)c1. The Morgan fingerprint density at radius 2 is 1.91 bits per heavy atom. The number of hydrogen-bond acceptors (Lipinski definition) is 4. The maximum atomic E-state index is 13.5. The third-order valence-electron chi connectivity index (χ3n) is 2.96. The molecule has 3 N–H and O–H groups in total. The average molecular weight is 332 g/mol. The van der Waals surface area contributed by atoms with Gasteiger partial charge in [-0.2, -0.15) is 0 Å². The number of benzene rings is 2. The molecule has 0 aliphatic carbocycles. The molecule has 0 bridgehead atoms. The lowest BCUT2D eigenvalue weighted by atomic mass is 10.2. The molecule has 0 spiro atoms. The maximum Gasteiger partial charge on any atom is 0.316 e. The number of nitrogens with one attached hydrogen (secondary N) is 1. The average Bonchev–Trinajstić information content (AvgIpc) is 2.49. The number of fused-ring (bicyclic) bond motifs is 1. The van der Waals surface area contributed by atoms with Crippen LogP contribution in [0.15, 0.2) is 52.6 Å². The summed E-state index contributed by atoms with van der Waals surface area (Å²) in [6.07, 6.45) is 1.29. The van der Waals surface area contributed by atoms with Gasteiger partial charge in [0.25, 0.3) is 0 Å². The van der Waals surface area contributed by atoms with Gasteiger partial charge in [0.1, 0.15) is 11.4 Å². The Labute approximate surface area is 133 Å². The highest BCUT2D eigenvalue weighted by Crippen LogP contribution is 2.32. The molecule has 0 saturated heterocycles. The number of hydrogen-bond donors (Lipinski definition) is 2. The zero-order chi connectivity index (χ0) is 16.4. The first kappa shape index (κ1) is 15.2. The van der Waals surface area contributed by atoms with Crippen molar-refractivity contribution < 1.29 is 13.6 Å². The lowest BCUT2D eigenvalue weighted by Gasteiger charge is -2.07. The largest absolute Gasteiger partial charge is 0.351 e. The van der Waals surface area contributed by atoms with Gasteiger partial charge >= 0.3 is 6.03 Å². The second-order valence-corrected chi connectivity index (χ2v) is 5.64. The van der Waals surface area contributed by atoms with Crippen LogP contribution in [0.1, 0.15) is 0 Å². The number of amides is 2. The van der Waals surface area contributed by atoms with Crippen LogP contribution in [-0.2, 0) is 0 Å². The van der Waals surface area contributed by atoms with E-state index in [4.69, 9.17) is 5.73 Å². The predicted octanol–water partition coefficient (Wildman–Crippen LogP) is 3.55. The molecule has 1 aromatic heterocycles. The van der Waals surface area contributed by atoms with Crippen molar-refractivity contribution in [1.29, 1.82) is 0 Å². The highest BCUT2D eigenvalue weighted by Gasteiger charge is 2.11. The molecule has 0 saturated carbocycles. The topological polar surface area (TPSA) is 80.9 Å². The first-order valence-electron chi connectivity index (χ1n) is 6.47. The van der Waals surface area contributed by atoms with Crippen molar-refractivity contribution in [3.63, 3.8) is 0 Å². The van der Waals surface area contributed by atoms with Crippen LogP contribution in [0.25, 0.3) is 10.9 Å². The van der Waals surface area contributed by atoms with Crippen LogP contribution < -0.4 is 11.1 Å². The number of halogens is 2. The van der Waals surface area contributed by atoms with Crippen LogP contribution >= 0.6 is 11.8 Å². The van der Waals surface area contributed by atoms with Gasteiger partial charge in [-0.1, -0.05) is 17.8 Å². The van der Waals surface area contributed by atoms with Gasteiger partial charge in [-0.15, -0.1) is 0 Å². The number of urea groups is 1. The van der Waals surface area contributed by atoms with E-state index in [0.29, 0.717) is 21.6 Å². The van der Waals surface area contributed by atoms with Crippen molar-refractivity contribution in [2.45, 2.75) is 9.92 Å². The Balaban J connectivity index is 1.98. The second-order valence-electron chi connectivity index (χ2n) is 4.58. The monoisotopic (exact) mass is 332 g/mol. The van der Waals surface area contributed by atoms with Crippen molar-refractivity contribution in [3.8, 4) is 0 Å². The fourth-order valence-electron chi connectivity index (χ4n) is 2.00. The molecule has 5 nitrogen and oxygen atoms in total. The summed E-state index contributed by atoms with van der Waals surface area (Å²) in [4.78, 5) is 19.7. The van der Waals surface area contributed by atoms with Crippen molar-refractivity contribution >= 4 is 34.4 Å². The molecule has 0 radical (unpaired) electrons.